The van der Waals surface area contributed by atoms with Gasteiger partial charge in [-0.05, 0) is 56.0 Å². The Bertz CT molecular complexity index is 1470. The summed E-state index contributed by atoms with van der Waals surface area (Å²) in [5, 5.41) is 12.8. The molecule has 1 fully saturated rings. The van der Waals surface area contributed by atoms with Gasteiger partial charge in [-0.15, -0.1) is 11.3 Å². The largest absolute Gasteiger partial charge is 0.381 e. The topological polar surface area (TPSA) is 89.8 Å². The summed E-state index contributed by atoms with van der Waals surface area (Å²) in [6.07, 6.45) is 3.67. The summed E-state index contributed by atoms with van der Waals surface area (Å²) >= 11 is 1.63. The number of nitrogens with zero attached hydrogens (tertiary/aromatic N) is 5. The van der Waals surface area contributed by atoms with Crippen LogP contribution in [0, 0.1) is 13.8 Å². The van der Waals surface area contributed by atoms with E-state index in [0.29, 0.717) is 5.95 Å². The fourth-order valence-corrected chi connectivity index (χ4v) is 5.11. The fraction of sp³-hybridized carbons (Fsp3) is 0.280. The van der Waals surface area contributed by atoms with Crippen molar-refractivity contribution in [1.82, 2.24) is 24.7 Å². The maximum Gasteiger partial charge on any atom is 0.229 e. The molecule has 0 saturated carbocycles. The normalized spacial score (nSPS) is 14.6. The quantitative estimate of drug-likeness (QED) is 0.330. The fourth-order valence-electron chi connectivity index (χ4n) is 4.46. The molecule has 172 valence electrons. The predicted octanol–water partition coefficient (Wildman–Crippen LogP) is 5.89. The number of benzene rings is 2. The lowest BCUT2D eigenvalue weighted by Crippen LogP contribution is -2.21. The average molecular weight is 472 g/mol. The second-order valence-corrected chi connectivity index (χ2v) is 9.51. The number of anilines is 4. The Morgan fingerprint density at radius 2 is 1.85 bits per heavy atom. The summed E-state index contributed by atoms with van der Waals surface area (Å²) in [6, 6.07) is 12.6. The first-order valence-corrected chi connectivity index (χ1v) is 12.3. The van der Waals surface area contributed by atoms with Gasteiger partial charge in [0.2, 0.25) is 5.95 Å². The monoisotopic (exact) mass is 471 g/mol. The number of aromatic nitrogens is 5. The number of thiazole rings is 1. The molecule has 4 heterocycles. The molecular weight excluding hydrogens is 446 g/mol. The van der Waals surface area contributed by atoms with Crippen LogP contribution in [0.25, 0.3) is 21.3 Å². The van der Waals surface area contributed by atoms with Gasteiger partial charge in [0.25, 0.3) is 0 Å². The predicted molar refractivity (Wildman–Crippen MR) is 137 cm³/mol. The molecule has 0 radical (unpaired) electrons. The molecule has 2 N–H and O–H groups in total. The zero-order valence-electron chi connectivity index (χ0n) is 19.1. The van der Waals surface area contributed by atoms with Crippen molar-refractivity contribution >= 4 is 55.7 Å². The molecule has 5 aromatic rings. The first-order chi connectivity index (χ1) is 16.7. The van der Waals surface area contributed by atoms with E-state index in [1.54, 1.807) is 11.3 Å². The Morgan fingerprint density at radius 3 is 2.68 bits per heavy atom. The average Bonchev–Trinajstić information content (AvgIpc) is 3.46. The molecule has 3 aromatic heterocycles. The highest BCUT2D eigenvalue weighted by Crippen LogP contribution is 2.33. The van der Waals surface area contributed by atoms with Crippen LogP contribution in [0.2, 0.25) is 0 Å². The Balaban J connectivity index is 1.41. The number of rotatable bonds is 5. The smallest absolute Gasteiger partial charge is 0.229 e. The van der Waals surface area contributed by atoms with E-state index in [2.05, 4.69) is 58.7 Å². The molecule has 8 nitrogen and oxygen atoms in total. The van der Waals surface area contributed by atoms with Crippen LogP contribution in [-0.2, 0) is 4.74 Å². The van der Waals surface area contributed by atoms with Gasteiger partial charge in [-0.3, -0.25) is 0 Å². The van der Waals surface area contributed by atoms with Crippen molar-refractivity contribution in [3.8, 4) is 0 Å². The van der Waals surface area contributed by atoms with Crippen LogP contribution in [0.4, 0.5) is 23.1 Å². The lowest BCUT2D eigenvalue weighted by molar-refractivity contribution is 0.0674. The number of aryl methyl sites for hydroxylation is 2. The maximum atomic E-state index is 5.59. The van der Waals surface area contributed by atoms with Crippen LogP contribution in [0.15, 0.2) is 48.1 Å². The molecule has 0 spiro atoms. The summed E-state index contributed by atoms with van der Waals surface area (Å²) in [7, 11) is 0. The number of para-hydroxylation sites is 1. The van der Waals surface area contributed by atoms with Gasteiger partial charge < -0.3 is 15.4 Å². The maximum absolute atomic E-state index is 5.59. The van der Waals surface area contributed by atoms with E-state index in [9.17, 15) is 0 Å². The van der Waals surface area contributed by atoms with Crippen molar-refractivity contribution in [2.75, 3.05) is 23.8 Å². The molecule has 34 heavy (non-hydrogen) atoms. The number of fused-ring (bicyclic) bond motifs is 2. The van der Waals surface area contributed by atoms with E-state index in [0.717, 1.165) is 64.5 Å². The molecule has 1 aliphatic heterocycles. The van der Waals surface area contributed by atoms with Gasteiger partial charge in [0, 0.05) is 30.8 Å². The van der Waals surface area contributed by atoms with E-state index in [-0.39, 0.29) is 6.04 Å². The SMILES string of the molecule is Cc1cccc(C)c1Nc1nn(C2CCOCC2)c2nc(Nc3ccc4scnc4c3)ncc12. The minimum atomic E-state index is 0.235. The second kappa shape index (κ2) is 8.66. The molecule has 0 amide bonds. The summed E-state index contributed by atoms with van der Waals surface area (Å²) in [5.74, 6) is 1.31. The molecule has 0 atom stereocenters. The third-order valence-electron chi connectivity index (χ3n) is 6.30. The minimum absolute atomic E-state index is 0.235. The highest BCUT2D eigenvalue weighted by molar-refractivity contribution is 7.16. The van der Waals surface area contributed by atoms with Crippen molar-refractivity contribution in [1.29, 1.82) is 0 Å². The Morgan fingerprint density at radius 1 is 1.03 bits per heavy atom. The van der Waals surface area contributed by atoms with Gasteiger partial charge in [0.05, 0.1) is 27.2 Å². The molecule has 1 aliphatic rings. The first-order valence-electron chi connectivity index (χ1n) is 11.4. The van der Waals surface area contributed by atoms with Crippen molar-refractivity contribution < 1.29 is 4.74 Å². The number of nitrogens with one attached hydrogen (secondary N) is 2. The van der Waals surface area contributed by atoms with E-state index in [4.69, 9.17) is 14.8 Å². The lowest BCUT2D eigenvalue weighted by Gasteiger charge is -2.22. The highest BCUT2D eigenvalue weighted by atomic mass is 32.1. The summed E-state index contributed by atoms with van der Waals surface area (Å²) < 4.78 is 8.79. The van der Waals surface area contributed by atoms with Gasteiger partial charge in [-0.1, -0.05) is 18.2 Å². The molecule has 1 saturated heterocycles. The molecule has 2 aromatic carbocycles. The summed E-state index contributed by atoms with van der Waals surface area (Å²) in [6.45, 7) is 5.67. The second-order valence-electron chi connectivity index (χ2n) is 8.62. The molecule has 0 unspecified atom stereocenters. The van der Waals surface area contributed by atoms with Gasteiger partial charge in [-0.2, -0.15) is 10.1 Å². The summed E-state index contributed by atoms with van der Waals surface area (Å²) in [5.41, 5.74) is 7.95. The molecule has 9 heteroatoms. The van der Waals surface area contributed by atoms with E-state index in [1.807, 2.05) is 28.5 Å². The van der Waals surface area contributed by atoms with Gasteiger partial charge in [0.15, 0.2) is 11.5 Å². The van der Waals surface area contributed by atoms with Crippen LogP contribution in [-0.4, -0.2) is 37.9 Å². The third-order valence-corrected chi connectivity index (χ3v) is 7.11. The van der Waals surface area contributed by atoms with Gasteiger partial charge in [-0.25, -0.2) is 14.6 Å². The van der Waals surface area contributed by atoms with Crippen LogP contribution in [0.1, 0.15) is 30.0 Å². The number of ether oxygens (including phenoxy) is 1. The van der Waals surface area contributed by atoms with Crippen molar-refractivity contribution in [2.45, 2.75) is 32.7 Å². The zero-order chi connectivity index (χ0) is 23.1. The number of hydrogen-bond donors (Lipinski definition) is 2. The van der Waals surface area contributed by atoms with E-state index >= 15 is 0 Å². The van der Waals surface area contributed by atoms with E-state index in [1.165, 1.54) is 11.1 Å². The minimum Gasteiger partial charge on any atom is -0.381 e. The Hall–Kier alpha value is -3.56. The van der Waals surface area contributed by atoms with Crippen molar-refractivity contribution in [3.63, 3.8) is 0 Å². The van der Waals surface area contributed by atoms with Crippen LogP contribution in [0.5, 0.6) is 0 Å². The standard InChI is InChI=1S/C25H25N7OS/c1-15-4-3-5-16(2)22(15)29-23-19-13-26-25(28-17-6-7-21-20(12-17)27-14-34-21)30-24(19)32(31-23)18-8-10-33-11-9-18/h3-7,12-14,18H,8-11H2,1-2H3,(H,29,31)(H,26,28,30). The van der Waals surface area contributed by atoms with Crippen molar-refractivity contribution in [3.05, 3.63) is 59.2 Å². The molecule has 0 aliphatic carbocycles. The van der Waals surface area contributed by atoms with Crippen LogP contribution < -0.4 is 10.6 Å². The lowest BCUT2D eigenvalue weighted by atomic mass is 10.1. The Labute approximate surface area is 201 Å². The zero-order valence-corrected chi connectivity index (χ0v) is 19.9. The van der Waals surface area contributed by atoms with Gasteiger partial charge in [0.1, 0.15) is 0 Å². The highest BCUT2D eigenvalue weighted by Gasteiger charge is 2.23. The van der Waals surface area contributed by atoms with Crippen molar-refractivity contribution in [2.24, 2.45) is 0 Å². The van der Waals surface area contributed by atoms with E-state index < -0.39 is 0 Å². The van der Waals surface area contributed by atoms with Gasteiger partial charge >= 0.3 is 0 Å². The van der Waals surface area contributed by atoms with Crippen LogP contribution in [0.3, 0.4) is 0 Å². The molecule has 6 rings (SSSR count). The summed E-state index contributed by atoms with van der Waals surface area (Å²) in [4.78, 5) is 13.9. The number of hydrogen-bond acceptors (Lipinski definition) is 8. The third kappa shape index (κ3) is 3.86. The van der Waals surface area contributed by atoms with Crippen LogP contribution >= 0.6 is 11.3 Å². The molecular formula is C25H25N7OS. The molecule has 0 bridgehead atoms. The first kappa shape index (κ1) is 21.0. The Kier molecular flexibility index (Phi) is 5.35.